The number of hydrogen-bond acceptors (Lipinski definition) is 4. The van der Waals surface area contributed by atoms with E-state index in [2.05, 4.69) is 10.6 Å². The second-order valence-corrected chi connectivity index (χ2v) is 4.64. The summed E-state index contributed by atoms with van der Waals surface area (Å²) in [6.07, 6.45) is 4.32. The van der Waals surface area contributed by atoms with Gasteiger partial charge in [-0.1, -0.05) is 6.07 Å². The van der Waals surface area contributed by atoms with Gasteiger partial charge in [0.2, 0.25) is 12.7 Å². The number of benzene rings is 1. The van der Waals surface area contributed by atoms with Crippen molar-refractivity contribution in [1.29, 1.82) is 0 Å². The van der Waals surface area contributed by atoms with E-state index in [0.29, 0.717) is 0 Å². The van der Waals surface area contributed by atoms with Gasteiger partial charge in [0.15, 0.2) is 11.5 Å². The van der Waals surface area contributed by atoms with Gasteiger partial charge in [-0.05, 0) is 36.7 Å². The molecular weight excluding hydrogens is 244 g/mol. The van der Waals surface area contributed by atoms with Gasteiger partial charge in [-0.3, -0.25) is 4.79 Å². The van der Waals surface area contributed by atoms with Crippen LogP contribution in [0.25, 0.3) is 6.08 Å². The van der Waals surface area contributed by atoms with Gasteiger partial charge in [-0.15, -0.1) is 0 Å². The van der Waals surface area contributed by atoms with Crippen molar-refractivity contribution in [3.8, 4) is 11.5 Å². The molecular formula is C14H16N2O3. The normalized spacial score (nSPS) is 20.9. The summed E-state index contributed by atoms with van der Waals surface area (Å²) in [5.41, 5.74) is 0.920. The number of ether oxygens (including phenoxy) is 2. The highest BCUT2D eigenvalue weighted by atomic mass is 16.7. The highest BCUT2D eigenvalue weighted by Crippen LogP contribution is 2.32. The van der Waals surface area contributed by atoms with E-state index in [4.69, 9.17) is 9.47 Å². The largest absolute Gasteiger partial charge is 0.454 e. The number of carbonyl (C=O) groups is 1. The molecule has 1 aromatic carbocycles. The maximum absolute atomic E-state index is 11.7. The fraction of sp³-hybridized carbons (Fsp3) is 0.357. The molecule has 1 fully saturated rings. The molecule has 2 heterocycles. The SMILES string of the molecule is O=C(C=Cc1ccc2c(c1)OCO2)N[C@H]1CCNC1. The summed E-state index contributed by atoms with van der Waals surface area (Å²) in [6, 6.07) is 5.85. The first-order valence-electron chi connectivity index (χ1n) is 6.40. The zero-order chi connectivity index (χ0) is 13.1. The highest BCUT2D eigenvalue weighted by molar-refractivity contribution is 5.92. The lowest BCUT2D eigenvalue weighted by Gasteiger charge is -2.08. The number of amides is 1. The Hall–Kier alpha value is -2.01. The zero-order valence-corrected chi connectivity index (χ0v) is 10.5. The topological polar surface area (TPSA) is 59.6 Å². The average molecular weight is 260 g/mol. The van der Waals surface area contributed by atoms with Crippen molar-refractivity contribution in [2.24, 2.45) is 0 Å². The highest BCUT2D eigenvalue weighted by Gasteiger charge is 2.15. The van der Waals surface area contributed by atoms with Crippen molar-refractivity contribution >= 4 is 12.0 Å². The van der Waals surface area contributed by atoms with Crippen molar-refractivity contribution in [3.63, 3.8) is 0 Å². The molecule has 3 rings (SSSR count). The zero-order valence-electron chi connectivity index (χ0n) is 10.5. The van der Waals surface area contributed by atoms with E-state index in [1.165, 1.54) is 0 Å². The maximum Gasteiger partial charge on any atom is 0.244 e. The van der Waals surface area contributed by atoms with Gasteiger partial charge in [-0.25, -0.2) is 0 Å². The van der Waals surface area contributed by atoms with Crippen LogP contribution in [0.1, 0.15) is 12.0 Å². The lowest BCUT2D eigenvalue weighted by Crippen LogP contribution is -2.34. The Labute approximate surface area is 111 Å². The van der Waals surface area contributed by atoms with Crippen LogP contribution in [-0.2, 0) is 4.79 Å². The van der Waals surface area contributed by atoms with Crippen LogP contribution in [-0.4, -0.2) is 31.8 Å². The van der Waals surface area contributed by atoms with E-state index in [9.17, 15) is 4.79 Å². The quantitative estimate of drug-likeness (QED) is 0.793. The molecule has 0 unspecified atom stereocenters. The van der Waals surface area contributed by atoms with Crippen LogP contribution in [0.5, 0.6) is 11.5 Å². The van der Waals surface area contributed by atoms with Crippen molar-refractivity contribution in [3.05, 3.63) is 29.8 Å². The molecule has 1 atom stereocenters. The van der Waals surface area contributed by atoms with Crippen LogP contribution >= 0.6 is 0 Å². The van der Waals surface area contributed by atoms with Crippen LogP contribution in [0.3, 0.4) is 0 Å². The molecule has 5 heteroatoms. The van der Waals surface area contributed by atoms with Crippen LogP contribution in [0, 0.1) is 0 Å². The number of nitrogens with one attached hydrogen (secondary N) is 2. The van der Waals surface area contributed by atoms with Gasteiger partial charge >= 0.3 is 0 Å². The summed E-state index contributed by atoms with van der Waals surface area (Å²) in [7, 11) is 0. The Bertz CT molecular complexity index is 507. The molecule has 100 valence electrons. The van der Waals surface area contributed by atoms with E-state index in [1.807, 2.05) is 18.2 Å². The van der Waals surface area contributed by atoms with Crippen molar-refractivity contribution < 1.29 is 14.3 Å². The molecule has 1 amide bonds. The molecule has 0 spiro atoms. The first-order valence-corrected chi connectivity index (χ1v) is 6.40. The summed E-state index contributed by atoms with van der Waals surface area (Å²) < 4.78 is 10.5. The lowest BCUT2D eigenvalue weighted by molar-refractivity contribution is -0.117. The third-order valence-corrected chi connectivity index (χ3v) is 3.23. The van der Waals surface area contributed by atoms with Crippen LogP contribution in [0.15, 0.2) is 24.3 Å². The molecule has 2 aliphatic rings. The molecule has 5 nitrogen and oxygen atoms in total. The van der Waals surface area contributed by atoms with Gasteiger partial charge < -0.3 is 20.1 Å². The van der Waals surface area contributed by atoms with Crippen LogP contribution < -0.4 is 20.1 Å². The van der Waals surface area contributed by atoms with Gasteiger partial charge in [-0.2, -0.15) is 0 Å². The minimum Gasteiger partial charge on any atom is -0.454 e. The predicted octanol–water partition coefficient (Wildman–Crippen LogP) is 0.907. The molecule has 0 bridgehead atoms. The summed E-state index contributed by atoms with van der Waals surface area (Å²) in [4.78, 5) is 11.7. The van der Waals surface area contributed by atoms with Crippen molar-refractivity contribution in [2.75, 3.05) is 19.9 Å². The second kappa shape index (κ2) is 5.32. The maximum atomic E-state index is 11.7. The van der Waals surface area contributed by atoms with E-state index >= 15 is 0 Å². The van der Waals surface area contributed by atoms with Crippen LogP contribution in [0.4, 0.5) is 0 Å². The van der Waals surface area contributed by atoms with Crippen LogP contribution in [0.2, 0.25) is 0 Å². The minimum atomic E-state index is -0.0635. The Morgan fingerprint density at radius 1 is 1.37 bits per heavy atom. The summed E-state index contributed by atoms with van der Waals surface area (Å²) in [6.45, 7) is 2.08. The molecule has 19 heavy (non-hydrogen) atoms. The van der Waals surface area contributed by atoms with Gasteiger partial charge in [0, 0.05) is 18.7 Å². The number of fused-ring (bicyclic) bond motifs is 1. The van der Waals surface area contributed by atoms with E-state index in [-0.39, 0.29) is 18.7 Å². The molecule has 2 N–H and O–H groups in total. The first-order chi connectivity index (χ1) is 9.31. The first kappa shape index (κ1) is 12.0. The minimum absolute atomic E-state index is 0.0635. The smallest absolute Gasteiger partial charge is 0.244 e. The standard InChI is InChI=1S/C14H16N2O3/c17-14(16-11-5-6-15-8-11)4-2-10-1-3-12-13(7-10)19-9-18-12/h1-4,7,11,15H,5-6,8-9H2,(H,16,17)/t11-/m0/s1. The van der Waals surface area contributed by atoms with Crippen molar-refractivity contribution in [2.45, 2.75) is 12.5 Å². The van der Waals surface area contributed by atoms with Gasteiger partial charge in [0.05, 0.1) is 0 Å². The third-order valence-electron chi connectivity index (χ3n) is 3.23. The van der Waals surface area contributed by atoms with Gasteiger partial charge in [0.1, 0.15) is 0 Å². The average Bonchev–Trinajstić information content (AvgIpc) is 3.06. The molecule has 0 saturated carbocycles. The monoisotopic (exact) mass is 260 g/mol. The van der Waals surface area contributed by atoms with Gasteiger partial charge in [0.25, 0.3) is 0 Å². The molecule has 0 radical (unpaired) electrons. The number of rotatable bonds is 3. The molecule has 2 aliphatic heterocycles. The van der Waals surface area contributed by atoms with Crippen molar-refractivity contribution in [1.82, 2.24) is 10.6 Å². The Morgan fingerprint density at radius 2 is 2.26 bits per heavy atom. The van der Waals surface area contributed by atoms with E-state index in [0.717, 1.165) is 36.6 Å². The fourth-order valence-corrected chi connectivity index (χ4v) is 2.22. The molecule has 1 aromatic rings. The Balaban J connectivity index is 1.60. The van der Waals surface area contributed by atoms with E-state index < -0.39 is 0 Å². The summed E-state index contributed by atoms with van der Waals surface area (Å²) in [5, 5.41) is 6.17. The Kier molecular flexibility index (Phi) is 3.37. The lowest BCUT2D eigenvalue weighted by atomic mass is 10.2. The molecule has 0 aliphatic carbocycles. The number of carbonyl (C=O) groups excluding carboxylic acids is 1. The fourth-order valence-electron chi connectivity index (χ4n) is 2.22. The summed E-state index contributed by atoms with van der Waals surface area (Å²) >= 11 is 0. The van der Waals surface area contributed by atoms with E-state index in [1.54, 1.807) is 12.2 Å². The molecule has 0 aromatic heterocycles. The predicted molar refractivity (Wildman–Crippen MR) is 71.0 cm³/mol. The number of hydrogen-bond donors (Lipinski definition) is 2. The second-order valence-electron chi connectivity index (χ2n) is 4.64. The molecule has 1 saturated heterocycles. The summed E-state index contributed by atoms with van der Waals surface area (Å²) in [5.74, 6) is 1.41. The Morgan fingerprint density at radius 3 is 3.11 bits per heavy atom. The third kappa shape index (κ3) is 2.88.